The quantitative estimate of drug-likeness (QED) is 0.809. The standard InChI is InChI=1S/C18H24O/c1-4-14(5-2)13-18(3,19)17-12-8-10-15-9-6-7-11-16(15)17/h6-12,14,19H,4-5,13H2,1-3H3/t18-/m1/s1. The van der Waals surface area contributed by atoms with Crippen molar-refractivity contribution in [2.45, 2.75) is 45.6 Å². The van der Waals surface area contributed by atoms with Gasteiger partial charge in [0.25, 0.3) is 0 Å². The van der Waals surface area contributed by atoms with E-state index >= 15 is 0 Å². The summed E-state index contributed by atoms with van der Waals surface area (Å²) in [6.45, 7) is 6.35. The number of benzene rings is 2. The molecule has 0 bridgehead atoms. The summed E-state index contributed by atoms with van der Waals surface area (Å²) in [7, 11) is 0. The van der Waals surface area contributed by atoms with Crippen LogP contribution in [0.4, 0.5) is 0 Å². The van der Waals surface area contributed by atoms with Crippen LogP contribution < -0.4 is 0 Å². The van der Waals surface area contributed by atoms with Crippen LogP contribution in [-0.4, -0.2) is 5.11 Å². The van der Waals surface area contributed by atoms with Crippen molar-refractivity contribution in [3.05, 3.63) is 48.0 Å². The van der Waals surface area contributed by atoms with Gasteiger partial charge in [0.15, 0.2) is 0 Å². The van der Waals surface area contributed by atoms with Gasteiger partial charge in [-0.05, 0) is 35.6 Å². The van der Waals surface area contributed by atoms with E-state index in [1.807, 2.05) is 25.1 Å². The largest absolute Gasteiger partial charge is 0.385 e. The molecule has 0 fully saturated rings. The summed E-state index contributed by atoms with van der Waals surface area (Å²) >= 11 is 0. The third kappa shape index (κ3) is 2.98. The maximum Gasteiger partial charge on any atom is 0.0877 e. The van der Waals surface area contributed by atoms with E-state index in [-0.39, 0.29) is 0 Å². The predicted octanol–water partition coefficient (Wildman–Crippen LogP) is 4.87. The molecule has 0 aliphatic heterocycles. The van der Waals surface area contributed by atoms with E-state index in [2.05, 4.69) is 38.1 Å². The fourth-order valence-electron chi connectivity index (χ4n) is 2.94. The Morgan fingerprint density at radius 3 is 2.32 bits per heavy atom. The highest BCUT2D eigenvalue weighted by molar-refractivity contribution is 5.86. The summed E-state index contributed by atoms with van der Waals surface area (Å²) in [6, 6.07) is 14.5. The summed E-state index contributed by atoms with van der Waals surface area (Å²) in [4.78, 5) is 0. The molecule has 0 unspecified atom stereocenters. The molecular weight excluding hydrogens is 232 g/mol. The summed E-state index contributed by atoms with van der Waals surface area (Å²) in [6.07, 6.45) is 3.07. The van der Waals surface area contributed by atoms with Gasteiger partial charge in [0, 0.05) is 0 Å². The first-order chi connectivity index (χ1) is 9.08. The molecule has 0 amide bonds. The van der Waals surface area contributed by atoms with Crippen molar-refractivity contribution in [3.8, 4) is 0 Å². The molecule has 0 saturated carbocycles. The average molecular weight is 256 g/mol. The monoisotopic (exact) mass is 256 g/mol. The Hall–Kier alpha value is -1.34. The third-order valence-corrected chi connectivity index (χ3v) is 4.21. The van der Waals surface area contributed by atoms with E-state index in [9.17, 15) is 5.11 Å². The molecule has 1 nitrogen and oxygen atoms in total. The normalized spacial score (nSPS) is 14.8. The molecule has 2 aromatic carbocycles. The minimum Gasteiger partial charge on any atom is -0.385 e. The molecule has 1 heteroatoms. The van der Waals surface area contributed by atoms with Crippen LogP contribution in [0.25, 0.3) is 10.8 Å². The molecule has 1 atom stereocenters. The highest BCUT2D eigenvalue weighted by Crippen LogP contribution is 2.35. The number of rotatable bonds is 5. The third-order valence-electron chi connectivity index (χ3n) is 4.21. The molecule has 19 heavy (non-hydrogen) atoms. The van der Waals surface area contributed by atoms with Crippen molar-refractivity contribution in [1.29, 1.82) is 0 Å². The van der Waals surface area contributed by atoms with Crippen LogP contribution >= 0.6 is 0 Å². The smallest absolute Gasteiger partial charge is 0.0877 e. The Bertz CT molecular complexity index is 533. The Morgan fingerprint density at radius 2 is 1.63 bits per heavy atom. The zero-order valence-electron chi connectivity index (χ0n) is 12.2. The van der Waals surface area contributed by atoms with E-state index in [4.69, 9.17) is 0 Å². The van der Waals surface area contributed by atoms with Gasteiger partial charge in [-0.15, -0.1) is 0 Å². The highest BCUT2D eigenvalue weighted by Gasteiger charge is 2.27. The van der Waals surface area contributed by atoms with Gasteiger partial charge in [-0.25, -0.2) is 0 Å². The Labute approximate surface area is 116 Å². The first kappa shape index (κ1) is 14.1. The average Bonchev–Trinajstić information content (AvgIpc) is 2.44. The lowest BCUT2D eigenvalue weighted by Gasteiger charge is -2.29. The number of fused-ring (bicyclic) bond motifs is 1. The highest BCUT2D eigenvalue weighted by atomic mass is 16.3. The number of aliphatic hydroxyl groups is 1. The van der Waals surface area contributed by atoms with Gasteiger partial charge >= 0.3 is 0 Å². The van der Waals surface area contributed by atoms with E-state index < -0.39 is 5.60 Å². The lowest BCUT2D eigenvalue weighted by atomic mass is 9.82. The molecule has 0 aliphatic rings. The molecular formula is C18H24O. The van der Waals surface area contributed by atoms with Crippen LogP contribution in [0.1, 0.15) is 45.6 Å². The van der Waals surface area contributed by atoms with Crippen LogP contribution in [0.15, 0.2) is 42.5 Å². The first-order valence-corrected chi connectivity index (χ1v) is 7.29. The second kappa shape index (κ2) is 5.75. The fraction of sp³-hybridized carbons (Fsp3) is 0.444. The topological polar surface area (TPSA) is 20.2 Å². The van der Waals surface area contributed by atoms with Crippen molar-refractivity contribution in [2.75, 3.05) is 0 Å². The summed E-state index contributed by atoms with van der Waals surface area (Å²) < 4.78 is 0. The van der Waals surface area contributed by atoms with Crippen molar-refractivity contribution in [1.82, 2.24) is 0 Å². The maximum absolute atomic E-state index is 10.9. The van der Waals surface area contributed by atoms with Gasteiger partial charge < -0.3 is 5.11 Å². The van der Waals surface area contributed by atoms with E-state index in [0.717, 1.165) is 24.8 Å². The Kier molecular flexibility index (Phi) is 4.26. The molecule has 0 radical (unpaired) electrons. The maximum atomic E-state index is 10.9. The second-order valence-corrected chi connectivity index (χ2v) is 5.69. The minimum atomic E-state index is -0.752. The number of hydrogen-bond acceptors (Lipinski definition) is 1. The molecule has 0 saturated heterocycles. The molecule has 2 aromatic rings. The van der Waals surface area contributed by atoms with E-state index in [1.54, 1.807) is 0 Å². The molecule has 0 heterocycles. The molecule has 0 spiro atoms. The Balaban J connectivity index is 2.42. The van der Waals surface area contributed by atoms with Gasteiger partial charge in [0.2, 0.25) is 0 Å². The zero-order chi connectivity index (χ0) is 13.9. The van der Waals surface area contributed by atoms with Gasteiger partial charge in [0.1, 0.15) is 0 Å². The lowest BCUT2D eigenvalue weighted by molar-refractivity contribution is 0.0300. The Morgan fingerprint density at radius 1 is 1.00 bits per heavy atom. The van der Waals surface area contributed by atoms with Gasteiger partial charge in [0.05, 0.1) is 5.60 Å². The molecule has 0 aromatic heterocycles. The van der Waals surface area contributed by atoms with Crippen molar-refractivity contribution in [3.63, 3.8) is 0 Å². The molecule has 2 rings (SSSR count). The van der Waals surface area contributed by atoms with Gasteiger partial charge in [-0.1, -0.05) is 69.2 Å². The van der Waals surface area contributed by atoms with E-state index in [1.165, 1.54) is 10.8 Å². The fourth-order valence-corrected chi connectivity index (χ4v) is 2.94. The first-order valence-electron chi connectivity index (χ1n) is 7.29. The van der Waals surface area contributed by atoms with Crippen molar-refractivity contribution >= 4 is 10.8 Å². The lowest BCUT2D eigenvalue weighted by Crippen LogP contribution is -2.25. The summed E-state index contributed by atoms with van der Waals surface area (Å²) in [5.74, 6) is 0.578. The van der Waals surface area contributed by atoms with Crippen molar-refractivity contribution < 1.29 is 5.11 Å². The van der Waals surface area contributed by atoms with Crippen LogP contribution in [0.5, 0.6) is 0 Å². The van der Waals surface area contributed by atoms with Crippen LogP contribution in [0.3, 0.4) is 0 Å². The van der Waals surface area contributed by atoms with Crippen molar-refractivity contribution in [2.24, 2.45) is 5.92 Å². The molecule has 102 valence electrons. The summed E-state index contributed by atoms with van der Waals surface area (Å²) in [5.41, 5.74) is 0.301. The van der Waals surface area contributed by atoms with Gasteiger partial charge in [-0.3, -0.25) is 0 Å². The summed E-state index contributed by atoms with van der Waals surface area (Å²) in [5, 5.41) is 13.3. The minimum absolute atomic E-state index is 0.578. The van der Waals surface area contributed by atoms with E-state index in [0.29, 0.717) is 5.92 Å². The van der Waals surface area contributed by atoms with Crippen LogP contribution in [0.2, 0.25) is 0 Å². The number of hydrogen-bond donors (Lipinski definition) is 1. The van der Waals surface area contributed by atoms with Crippen LogP contribution in [0, 0.1) is 5.92 Å². The second-order valence-electron chi connectivity index (χ2n) is 5.69. The molecule has 0 aliphatic carbocycles. The molecule has 1 N–H and O–H groups in total. The predicted molar refractivity (Wildman–Crippen MR) is 82.2 cm³/mol. The van der Waals surface area contributed by atoms with Crippen LogP contribution in [-0.2, 0) is 5.60 Å². The zero-order valence-corrected chi connectivity index (χ0v) is 12.2. The van der Waals surface area contributed by atoms with Gasteiger partial charge in [-0.2, -0.15) is 0 Å². The SMILES string of the molecule is CCC(CC)C[C@@](C)(O)c1cccc2ccccc12.